The van der Waals surface area contributed by atoms with Crippen LogP contribution in [0.5, 0.6) is 0 Å². The van der Waals surface area contributed by atoms with Gasteiger partial charge in [-0.25, -0.2) is 4.79 Å². The molecule has 1 atom stereocenters. The predicted molar refractivity (Wildman–Crippen MR) is 85.3 cm³/mol. The molecular weight excluding hydrogens is 330 g/mol. The second kappa shape index (κ2) is 5.90. The maximum absolute atomic E-state index is 11.6. The van der Waals surface area contributed by atoms with Gasteiger partial charge in [-0.2, -0.15) is 0 Å². The van der Waals surface area contributed by atoms with Crippen LogP contribution in [0, 0.1) is 0 Å². The number of nitrogens with zero attached hydrogens (tertiary/aromatic N) is 1. The van der Waals surface area contributed by atoms with Gasteiger partial charge in [0.15, 0.2) is 0 Å². The van der Waals surface area contributed by atoms with Crippen LogP contribution in [0.25, 0.3) is 0 Å². The zero-order valence-electron chi connectivity index (χ0n) is 11.5. The van der Waals surface area contributed by atoms with Crippen LogP contribution in [-0.4, -0.2) is 22.1 Å². The van der Waals surface area contributed by atoms with Crippen molar-refractivity contribution in [2.24, 2.45) is 0 Å². The van der Waals surface area contributed by atoms with E-state index in [9.17, 15) is 9.90 Å². The van der Waals surface area contributed by atoms with E-state index in [1.165, 1.54) is 11.1 Å². The second-order valence-electron chi connectivity index (χ2n) is 5.37. The number of hydrogen-bond acceptors (Lipinski definition) is 1. The first-order chi connectivity index (χ1) is 10.1. The van der Waals surface area contributed by atoms with Gasteiger partial charge in [0.05, 0.1) is 0 Å². The molecule has 3 rings (SSSR count). The number of halogens is 1. The third kappa shape index (κ3) is 3.10. The van der Waals surface area contributed by atoms with Crippen molar-refractivity contribution in [2.45, 2.75) is 25.4 Å². The molecule has 21 heavy (non-hydrogen) atoms. The van der Waals surface area contributed by atoms with Gasteiger partial charge in [0.25, 0.3) is 0 Å². The Morgan fingerprint density at radius 2 is 1.86 bits per heavy atom. The topological polar surface area (TPSA) is 40.5 Å². The van der Waals surface area contributed by atoms with Crippen LogP contribution in [0.1, 0.15) is 16.7 Å². The van der Waals surface area contributed by atoms with Crippen LogP contribution in [0.4, 0.5) is 4.79 Å². The highest BCUT2D eigenvalue weighted by Crippen LogP contribution is 2.29. The van der Waals surface area contributed by atoms with Gasteiger partial charge < -0.3 is 10.0 Å². The van der Waals surface area contributed by atoms with E-state index < -0.39 is 6.09 Å². The van der Waals surface area contributed by atoms with Crippen LogP contribution >= 0.6 is 15.9 Å². The molecule has 2 aromatic carbocycles. The fourth-order valence-corrected chi connectivity index (χ4v) is 3.33. The van der Waals surface area contributed by atoms with Gasteiger partial charge >= 0.3 is 6.09 Å². The summed E-state index contributed by atoms with van der Waals surface area (Å²) in [5, 5.41) is 9.55. The molecule has 0 aromatic heterocycles. The number of hydrogen-bond donors (Lipinski definition) is 1. The van der Waals surface area contributed by atoms with Crippen LogP contribution in [0.3, 0.4) is 0 Å². The third-order valence-corrected chi connectivity index (χ3v) is 4.45. The molecule has 1 aliphatic carbocycles. The summed E-state index contributed by atoms with van der Waals surface area (Å²) < 4.78 is 1.05. The summed E-state index contributed by atoms with van der Waals surface area (Å²) in [6.07, 6.45) is 0.728. The van der Waals surface area contributed by atoms with Crippen molar-refractivity contribution in [2.75, 3.05) is 0 Å². The summed E-state index contributed by atoms with van der Waals surface area (Å²) in [6, 6.07) is 16.0. The van der Waals surface area contributed by atoms with E-state index in [-0.39, 0.29) is 6.04 Å². The highest BCUT2D eigenvalue weighted by atomic mass is 79.9. The molecule has 0 fully saturated rings. The maximum atomic E-state index is 11.6. The van der Waals surface area contributed by atoms with Gasteiger partial charge in [0, 0.05) is 17.1 Å². The first-order valence-electron chi connectivity index (χ1n) is 6.94. The molecule has 0 heterocycles. The first-order valence-corrected chi connectivity index (χ1v) is 7.73. The van der Waals surface area contributed by atoms with Gasteiger partial charge in [-0.3, -0.25) is 0 Å². The highest BCUT2D eigenvalue weighted by Gasteiger charge is 2.29. The molecule has 1 N–H and O–H groups in total. The van der Waals surface area contributed by atoms with Crippen LogP contribution in [-0.2, 0) is 19.4 Å². The Labute approximate surface area is 132 Å². The molecule has 0 saturated carbocycles. The average molecular weight is 346 g/mol. The lowest BCUT2D eigenvalue weighted by atomic mass is 10.1. The van der Waals surface area contributed by atoms with Gasteiger partial charge in [0.2, 0.25) is 0 Å². The van der Waals surface area contributed by atoms with Crippen molar-refractivity contribution in [1.82, 2.24) is 4.90 Å². The molecular formula is C17H16BrNO2. The first kappa shape index (κ1) is 14.1. The largest absolute Gasteiger partial charge is 0.465 e. The van der Waals surface area contributed by atoms with Crippen LogP contribution in [0.15, 0.2) is 53.0 Å². The number of benzene rings is 2. The molecule has 0 unspecified atom stereocenters. The summed E-state index contributed by atoms with van der Waals surface area (Å²) in [7, 11) is 0. The molecule has 0 radical (unpaired) electrons. The molecule has 0 spiro atoms. The molecule has 2 aromatic rings. The molecule has 4 heteroatoms. The average Bonchev–Trinajstić information content (AvgIpc) is 2.88. The molecule has 0 bridgehead atoms. The second-order valence-corrected chi connectivity index (χ2v) is 6.29. The molecule has 1 aliphatic rings. The number of carboxylic acid groups (broad SMARTS) is 1. The van der Waals surface area contributed by atoms with Gasteiger partial charge in [-0.1, -0.05) is 52.3 Å². The number of carbonyl (C=O) groups is 1. The Morgan fingerprint density at radius 3 is 2.57 bits per heavy atom. The van der Waals surface area contributed by atoms with Gasteiger partial charge in [-0.05, 0) is 41.7 Å². The van der Waals surface area contributed by atoms with Gasteiger partial charge in [-0.15, -0.1) is 0 Å². The van der Waals surface area contributed by atoms with Crippen molar-refractivity contribution >= 4 is 22.0 Å². The highest BCUT2D eigenvalue weighted by molar-refractivity contribution is 9.10. The Kier molecular flexibility index (Phi) is 3.97. The Bertz CT molecular complexity index is 657. The van der Waals surface area contributed by atoms with E-state index in [1.54, 1.807) is 4.90 Å². The standard InChI is InChI=1S/C17H16BrNO2/c18-15-7-6-13-9-16(10-14(13)8-15)19(17(20)21)11-12-4-2-1-3-5-12/h1-8,16H,9-11H2,(H,20,21)/t16-/m1/s1. The van der Waals surface area contributed by atoms with E-state index in [2.05, 4.69) is 28.1 Å². The molecule has 0 aliphatic heterocycles. The van der Waals surface area contributed by atoms with Crippen LogP contribution in [0.2, 0.25) is 0 Å². The quantitative estimate of drug-likeness (QED) is 0.909. The normalized spacial score (nSPS) is 16.5. The SMILES string of the molecule is O=C(O)N(Cc1ccccc1)[C@@H]1Cc2ccc(Br)cc2C1. The summed E-state index contributed by atoms with van der Waals surface area (Å²) in [6.45, 7) is 0.440. The minimum Gasteiger partial charge on any atom is -0.465 e. The lowest BCUT2D eigenvalue weighted by Crippen LogP contribution is -2.39. The molecule has 1 amide bonds. The third-order valence-electron chi connectivity index (χ3n) is 3.96. The van der Waals surface area contributed by atoms with Crippen molar-refractivity contribution in [3.8, 4) is 0 Å². The van der Waals surface area contributed by atoms with Crippen molar-refractivity contribution in [3.63, 3.8) is 0 Å². The molecule has 108 valence electrons. The lowest BCUT2D eigenvalue weighted by Gasteiger charge is -2.26. The fraction of sp³-hybridized carbons (Fsp3) is 0.235. The fourth-order valence-electron chi connectivity index (χ4n) is 2.92. The zero-order chi connectivity index (χ0) is 14.8. The number of rotatable bonds is 3. The van der Waals surface area contributed by atoms with E-state index in [0.29, 0.717) is 6.54 Å². The minimum atomic E-state index is -0.851. The lowest BCUT2D eigenvalue weighted by molar-refractivity contribution is 0.122. The Balaban J connectivity index is 1.79. The number of amides is 1. The van der Waals surface area contributed by atoms with E-state index in [1.807, 2.05) is 36.4 Å². The maximum Gasteiger partial charge on any atom is 0.407 e. The Hall–Kier alpha value is -1.81. The van der Waals surface area contributed by atoms with Crippen molar-refractivity contribution < 1.29 is 9.90 Å². The summed E-state index contributed by atoms with van der Waals surface area (Å²) in [4.78, 5) is 13.2. The Morgan fingerprint density at radius 1 is 1.14 bits per heavy atom. The van der Waals surface area contributed by atoms with E-state index in [4.69, 9.17) is 0 Å². The van der Waals surface area contributed by atoms with Crippen LogP contribution < -0.4 is 0 Å². The van der Waals surface area contributed by atoms with Gasteiger partial charge in [0.1, 0.15) is 0 Å². The summed E-state index contributed by atoms with van der Waals surface area (Å²) >= 11 is 3.47. The zero-order valence-corrected chi connectivity index (χ0v) is 13.1. The smallest absolute Gasteiger partial charge is 0.407 e. The number of fused-ring (bicyclic) bond motifs is 1. The summed E-state index contributed by atoms with van der Waals surface area (Å²) in [5.41, 5.74) is 3.52. The predicted octanol–water partition coefficient (Wildman–Crippen LogP) is 4.10. The summed E-state index contributed by atoms with van der Waals surface area (Å²) in [5.74, 6) is 0. The molecule has 3 nitrogen and oxygen atoms in total. The molecule has 0 saturated heterocycles. The van der Waals surface area contributed by atoms with Crippen molar-refractivity contribution in [1.29, 1.82) is 0 Å². The van der Waals surface area contributed by atoms with E-state index >= 15 is 0 Å². The van der Waals surface area contributed by atoms with Crippen molar-refractivity contribution in [3.05, 3.63) is 69.7 Å². The minimum absolute atomic E-state index is 0.0204. The monoisotopic (exact) mass is 345 g/mol. The van der Waals surface area contributed by atoms with E-state index in [0.717, 1.165) is 22.9 Å².